The fraction of sp³-hybridized carbons (Fsp3) is 0.947. The van der Waals surface area contributed by atoms with Gasteiger partial charge in [0, 0.05) is 31.2 Å². The number of urea groups is 1. The van der Waals surface area contributed by atoms with E-state index in [9.17, 15) is 4.79 Å². The third-order valence-electron chi connectivity index (χ3n) is 7.45. The van der Waals surface area contributed by atoms with Gasteiger partial charge in [0.1, 0.15) is 0 Å². The second-order valence-corrected chi connectivity index (χ2v) is 9.12. The van der Waals surface area contributed by atoms with E-state index in [0.717, 1.165) is 42.6 Å². The number of nitrogens with one attached hydrogen (secondary N) is 2. The lowest BCUT2D eigenvalue weighted by Gasteiger charge is -2.54. The second kappa shape index (κ2) is 5.65. The van der Waals surface area contributed by atoms with E-state index in [1.54, 1.807) is 0 Å². The van der Waals surface area contributed by atoms with Crippen LogP contribution in [-0.4, -0.2) is 42.1 Å². The van der Waals surface area contributed by atoms with Gasteiger partial charge in [0.2, 0.25) is 0 Å². The third-order valence-corrected chi connectivity index (χ3v) is 7.45. The lowest BCUT2D eigenvalue weighted by Crippen LogP contribution is -2.58. The van der Waals surface area contributed by atoms with Crippen LogP contribution < -0.4 is 10.6 Å². The first kappa shape index (κ1) is 14.6. The van der Waals surface area contributed by atoms with E-state index in [4.69, 9.17) is 0 Å². The Bertz CT molecular complexity index is 439. The molecule has 0 aromatic heterocycles. The summed E-state index contributed by atoms with van der Waals surface area (Å²) in [7, 11) is 0. The summed E-state index contributed by atoms with van der Waals surface area (Å²) in [6.07, 6.45) is 12.0. The Morgan fingerprint density at radius 1 is 0.783 bits per heavy atom. The molecule has 4 nitrogen and oxygen atoms in total. The summed E-state index contributed by atoms with van der Waals surface area (Å²) < 4.78 is 0. The van der Waals surface area contributed by atoms with Crippen molar-refractivity contribution in [3.05, 3.63) is 0 Å². The standard InChI is InChI=1S/C19H31N3O/c23-19(20-16-3-5-22(6-4-16)17-1-2-17)21-18-14-8-12-7-13(10-14)11-15(18)9-12/h12-18H,1-11H2,(H2,20,21,23). The predicted molar refractivity (Wildman–Crippen MR) is 90.1 cm³/mol. The van der Waals surface area contributed by atoms with Crippen LogP contribution in [0.3, 0.4) is 0 Å². The van der Waals surface area contributed by atoms with E-state index in [-0.39, 0.29) is 6.03 Å². The molecule has 5 saturated carbocycles. The Labute approximate surface area is 139 Å². The van der Waals surface area contributed by atoms with Gasteiger partial charge in [-0.3, -0.25) is 0 Å². The average molecular weight is 317 g/mol. The van der Waals surface area contributed by atoms with Gasteiger partial charge in [0.05, 0.1) is 0 Å². The maximum atomic E-state index is 12.5. The zero-order valence-electron chi connectivity index (χ0n) is 14.2. The zero-order chi connectivity index (χ0) is 15.4. The third kappa shape index (κ3) is 2.88. The molecule has 0 radical (unpaired) electrons. The molecule has 1 saturated heterocycles. The molecule has 0 atom stereocenters. The van der Waals surface area contributed by atoms with E-state index in [2.05, 4.69) is 15.5 Å². The molecule has 6 aliphatic rings. The monoisotopic (exact) mass is 317 g/mol. The highest BCUT2D eigenvalue weighted by molar-refractivity contribution is 5.74. The Morgan fingerprint density at radius 2 is 1.39 bits per heavy atom. The van der Waals surface area contributed by atoms with Crippen LogP contribution in [0.2, 0.25) is 0 Å². The number of carbonyl (C=O) groups is 1. The molecule has 0 unspecified atom stereocenters. The van der Waals surface area contributed by atoms with Crippen molar-refractivity contribution in [1.29, 1.82) is 0 Å². The molecule has 23 heavy (non-hydrogen) atoms. The first-order valence-electron chi connectivity index (χ1n) is 10.1. The van der Waals surface area contributed by atoms with Crippen molar-refractivity contribution in [2.75, 3.05) is 13.1 Å². The average Bonchev–Trinajstić information content (AvgIpc) is 3.36. The van der Waals surface area contributed by atoms with Gasteiger partial charge < -0.3 is 15.5 Å². The lowest BCUT2D eigenvalue weighted by atomic mass is 9.54. The second-order valence-electron chi connectivity index (χ2n) is 9.12. The van der Waals surface area contributed by atoms with Gasteiger partial charge in [0.25, 0.3) is 0 Å². The van der Waals surface area contributed by atoms with E-state index in [1.165, 1.54) is 58.0 Å². The largest absolute Gasteiger partial charge is 0.335 e. The van der Waals surface area contributed by atoms with Gasteiger partial charge in [-0.05, 0) is 81.5 Å². The highest BCUT2D eigenvalue weighted by Gasteiger charge is 2.48. The van der Waals surface area contributed by atoms with Gasteiger partial charge in [0.15, 0.2) is 0 Å². The number of hydrogen-bond donors (Lipinski definition) is 2. The van der Waals surface area contributed by atoms with Gasteiger partial charge in [-0.15, -0.1) is 0 Å². The van der Waals surface area contributed by atoms with Crippen molar-refractivity contribution in [3.63, 3.8) is 0 Å². The minimum absolute atomic E-state index is 0.118. The molecule has 2 N–H and O–H groups in total. The Kier molecular flexibility index (Phi) is 3.57. The lowest BCUT2D eigenvalue weighted by molar-refractivity contribution is -0.00961. The van der Waals surface area contributed by atoms with Crippen LogP contribution in [0.15, 0.2) is 0 Å². The van der Waals surface area contributed by atoms with Gasteiger partial charge >= 0.3 is 6.03 Å². The minimum atomic E-state index is 0.118. The van der Waals surface area contributed by atoms with Crippen LogP contribution in [0, 0.1) is 23.7 Å². The maximum Gasteiger partial charge on any atom is 0.315 e. The van der Waals surface area contributed by atoms with Gasteiger partial charge in [-0.25, -0.2) is 4.79 Å². The van der Waals surface area contributed by atoms with Gasteiger partial charge in [-0.2, -0.15) is 0 Å². The SMILES string of the molecule is O=C(NC1CCN(C2CC2)CC1)NC1C2CC3CC(C2)CC1C3. The van der Waals surface area contributed by atoms with Crippen molar-refractivity contribution in [2.24, 2.45) is 23.7 Å². The van der Waals surface area contributed by atoms with Crippen LogP contribution in [-0.2, 0) is 0 Å². The smallest absolute Gasteiger partial charge is 0.315 e. The van der Waals surface area contributed by atoms with Crippen molar-refractivity contribution in [3.8, 4) is 0 Å². The van der Waals surface area contributed by atoms with E-state index in [1.807, 2.05) is 0 Å². The quantitative estimate of drug-likeness (QED) is 0.840. The topological polar surface area (TPSA) is 44.4 Å². The number of nitrogens with zero attached hydrogens (tertiary/aromatic N) is 1. The van der Waals surface area contributed by atoms with Crippen molar-refractivity contribution < 1.29 is 4.79 Å². The number of rotatable bonds is 3. The molecule has 0 spiro atoms. The molecule has 6 rings (SSSR count). The summed E-state index contributed by atoms with van der Waals surface area (Å²) in [6.45, 7) is 2.35. The minimum Gasteiger partial charge on any atom is -0.335 e. The number of piperidine rings is 1. The summed E-state index contributed by atoms with van der Waals surface area (Å²) in [6, 6.07) is 1.85. The van der Waals surface area contributed by atoms with E-state index >= 15 is 0 Å². The first-order valence-corrected chi connectivity index (χ1v) is 10.1. The zero-order valence-corrected chi connectivity index (χ0v) is 14.2. The van der Waals surface area contributed by atoms with Gasteiger partial charge in [-0.1, -0.05) is 0 Å². The maximum absolute atomic E-state index is 12.5. The fourth-order valence-corrected chi connectivity index (χ4v) is 6.39. The Balaban J connectivity index is 1.12. The molecular formula is C19H31N3O. The molecular weight excluding hydrogens is 286 g/mol. The summed E-state index contributed by atoms with van der Waals surface area (Å²) in [5.74, 6) is 3.50. The van der Waals surface area contributed by atoms with Crippen molar-refractivity contribution in [2.45, 2.75) is 75.9 Å². The predicted octanol–water partition coefficient (Wildman–Crippen LogP) is 2.74. The highest BCUT2D eigenvalue weighted by Crippen LogP contribution is 2.53. The summed E-state index contributed by atoms with van der Waals surface area (Å²) in [4.78, 5) is 15.1. The van der Waals surface area contributed by atoms with E-state index < -0.39 is 0 Å². The van der Waals surface area contributed by atoms with Crippen LogP contribution in [0.4, 0.5) is 4.79 Å². The van der Waals surface area contributed by atoms with Crippen LogP contribution in [0.25, 0.3) is 0 Å². The summed E-state index contributed by atoms with van der Waals surface area (Å²) in [5.41, 5.74) is 0. The Morgan fingerprint density at radius 3 is 1.96 bits per heavy atom. The molecule has 5 aliphatic carbocycles. The molecule has 0 aromatic rings. The normalized spacial score (nSPS) is 43.6. The summed E-state index contributed by atoms with van der Waals surface area (Å²) >= 11 is 0. The number of likely N-dealkylation sites (tertiary alicyclic amines) is 1. The number of amides is 2. The fourth-order valence-electron chi connectivity index (χ4n) is 6.39. The number of hydrogen-bond acceptors (Lipinski definition) is 2. The van der Waals surface area contributed by atoms with Crippen molar-refractivity contribution >= 4 is 6.03 Å². The van der Waals surface area contributed by atoms with Crippen molar-refractivity contribution in [1.82, 2.24) is 15.5 Å². The molecule has 0 aromatic carbocycles. The molecule has 128 valence electrons. The van der Waals surface area contributed by atoms with Crippen LogP contribution >= 0.6 is 0 Å². The summed E-state index contributed by atoms with van der Waals surface area (Å²) in [5, 5.41) is 6.67. The first-order chi connectivity index (χ1) is 11.2. The molecule has 1 aliphatic heterocycles. The molecule has 2 amide bonds. The van der Waals surface area contributed by atoms with Crippen LogP contribution in [0.1, 0.15) is 57.8 Å². The molecule has 6 fully saturated rings. The number of carbonyl (C=O) groups excluding carboxylic acids is 1. The van der Waals surface area contributed by atoms with Crippen LogP contribution in [0.5, 0.6) is 0 Å². The molecule has 4 bridgehead atoms. The molecule has 1 heterocycles. The highest BCUT2D eigenvalue weighted by atomic mass is 16.2. The Hall–Kier alpha value is -0.770. The molecule has 4 heteroatoms. The van der Waals surface area contributed by atoms with E-state index in [0.29, 0.717) is 12.1 Å².